The molecule has 0 amide bonds. The second kappa shape index (κ2) is 5.64. The summed E-state index contributed by atoms with van der Waals surface area (Å²) in [5, 5.41) is 1.36. The van der Waals surface area contributed by atoms with E-state index < -0.39 is 0 Å². The Bertz CT molecular complexity index is 469. The van der Waals surface area contributed by atoms with Gasteiger partial charge in [-0.1, -0.05) is 0 Å². The maximum atomic E-state index is 6.29. The zero-order valence-electron chi connectivity index (χ0n) is 12.1. The molecule has 0 aromatic carbocycles. The van der Waals surface area contributed by atoms with E-state index in [0.717, 1.165) is 30.0 Å². The van der Waals surface area contributed by atoms with E-state index in [1.807, 2.05) is 6.92 Å². The van der Waals surface area contributed by atoms with E-state index in [1.165, 1.54) is 5.56 Å². The van der Waals surface area contributed by atoms with E-state index >= 15 is 0 Å². The van der Waals surface area contributed by atoms with Gasteiger partial charge >= 0.3 is 0 Å². The molecule has 2 unspecified atom stereocenters. The van der Waals surface area contributed by atoms with Crippen molar-refractivity contribution in [1.29, 1.82) is 0 Å². The molecular formula is C15H22N2O2S. The Labute approximate surface area is 124 Å². The Morgan fingerprint density at radius 3 is 2.75 bits per heavy atom. The minimum atomic E-state index is -0.383. The van der Waals surface area contributed by atoms with Crippen molar-refractivity contribution in [2.24, 2.45) is 5.73 Å². The topological polar surface area (TPSA) is 57.4 Å². The molecule has 1 aliphatic heterocycles. The van der Waals surface area contributed by atoms with E-state index in [-0.39, 0.29) is 11.8 Å². The average molecular weight is 294 g/mol. The molecule has 1 saturated heterocycles. The smallest absolute Gasteiger partial charge is 0.169 e. The molecule has 0 radical (unpaired) electrons. The van der Waals surface area contributed by atoms with Gasteiger partial charge in [0, 0.05) is 29.8 Å². The van der Waals surface area contributed by atoms with Crippen molar-refractivity contribution in [2.45, 2.75) is 55.2 Å². The van der Waals surface area contributed by atoms with Gasteiger partial charge in [-0.15, -0.1) is 11.8 Å². The third kappa shape index (κ3) is 3.01. The molecule has 4 nitrogen and oxygen atoms in total. The number of nitrogens with two attached hydrogens (primary N) is 1. The molecule has 0 bridgehead atoms. The summed E-state index contributed by atoms with van der Waals surface area (Å²) in [6.07, 6.45) is 2.71. The van der Waals surface area contributed by atoms with Gasteiger partial charge in [0.25, 0.3) is 0 Å². The summed E-state index contributed by atoms with van der Waals surface area (Å²) in [5.41, 5.74) is 8.59. The Morgan fingerprint density at radius 1 is 1.30 bits per heavy atom. The predicted octanol–water partition coefficient (Wildman–Crippen LogP) is 2.41. The van der Waals surface area contributed by atoms with Crippen molar-refractivity contribution >= 4 is 11.8 Å². The fourth-order valence-electron chi connectivity index (χ4n) is 3.04. The SMILES string of the molecule is Cc1cc(C)nc(SC2CC3(CCC2N)OCCO3)c1. The fraction of sp³-hybridized carbons (Fsp3) is 0.667. The molecule has 20 heavy (non-hydrogen) atoms. The number of hydrogen-bond acceptors (Lipinski definition) is 5. The van der Waals surface area contributed by atoms with Gasteiger partial charge in [-0.25, -0.2) is 4.98 Å². The van der Waals surface area contributed by atoms with Crippen LogP contribution in [-0.2, 0) is 9.47 Å². The lowest BCUT2D eigenvalue weighted by atomic mass is 9.90. The largest absolute Gasteiger partial charge is 0.347 e. The van der Waals surface area contributed by atoms with Crippen LogP contribution in [0.3, 0.4) is 0 Å². The molecule has 5 heteroatoms. The third-order valence-corrected chi connectivity index (χ3v) is 5.28. The van der Waals surface area contributed by atoms with Gasteiger partial charge < -0.3 is 15.2 Å². The summed E-state index contributed by atoms with van der Waals surface area (Å²) in [7, 11) is 0. The molecule has 2 N–H and O–H groups in total. The van der Waals surface area contributed by atoms with Crippen LogP contribution in [0, 0.1) is 13.8 Å². The molecular weight excluding hydrogens is 272 g/mol. The zero-order chi connectivity index (χ0) is 14.2. The highest BCUT2D eigenvalue weighted by atomic mass is 32.2. The molecule has 2 fully saturated rings. The zero-order valence-corrected chi connectivity index (χ0v) is 12.9. The molecule has 2 atom stereocenters. The first kappa shape index (κ1) is 14.3. The van der Waals surface area contributed by atoms with Crippen LogP contribution < -0.4 is 5.73 Å². The Morgan fingerprint density at radius 2 is 2.05 bits per heavy atom. The maximum absolute atomic E-state index is 6.29. The van der Waals surface area contributed by atoms with E-state index in [0.29, 0.717) is 18.5 Å². The van der Waals surface area contributed by atoms with Crippen molar-refractivity contribution in [3.05, 3.63) is 23.4 Å². The molecule has 1 saturated carbocycles. The van der Waals surface area contributed by atoms with E-state index in [4.69, 9.17) is 15.2 Å². The fourth-order valence-corrected chi connectivity index (χ4v) is 4.45. The Kier molecular flexibility index (Phi) is 4.04. The number of nitrogens with zero attached hydrogens (tertiary/aromatic N) is 1. The second-order valence-corrected chi connectivity index (χ2v) is 7.05. The van der Waals surface area contributed by atoms with Crippen LogP contribution in [0.25, 0.3) is 0 Å². The van der Waals surface area contributed by atoms with E-state index in [9.17, 15) is 0 Å². The first-order valence-electron chi connectivity index (χ1n) is 7.22. The quantitative estimate of drug-likeness (QED) is 0.907. The molecule has 2 heterocycles. The van der Waals surface area contributed by atoms with Crippen molar-refractivity contribution in [2.75, 3.05) is 13.2 Å². The number of pyridine rings is 1. The molecule has 3 rings (SSSR count). The molecule has 1 aromatic rings. The van der Waals surface area contributed by atoms with Crippen LogP contribution in [0.4, 0.5) is 0 Å². The molecule has 1 spiro atoms. The Balaban J connectivity index is 1.74. The van der Waals surface area contributed by atoms with Crippen molar-refractivity contribution < 1.29 is 9.47 Å². The van der Waals surface area contributed by atoms with Gasteiger partial charge in [-0.3, -0.25) is 0 Å². The summed E-state index contributed by atoms with van der Waals surface area (Å²) >= 11 is 1.77. The first-order valence-corrected chi connectivity index (χ1v) is 8.10. The summed E-state index contributed by atoms with van der Waals surface area (Å²) in [6, 6.07) is 4.40. The summed E-state index contributed by atoms with van der Waals surface area (Å²) in [6.45, 7) is 5.54. The van der Waals surface area contributed by atoms with Crippen LogP contribution in [0.5, 0.6) is 0 Å². The van der Waals surface area contributed by atoms with Crippen molar-refractivity contribution in [3.63, 3.8) is 0 Å². The summed E-state index contributed by atoms with van der Waals surface area (Å²) in [5.74, 6) is -0.383. The first-order chi connectivity index (χ1) is 9.56. The van der Waals surface area contributed by atoms with Gasteiger partial charge in [0.05, 0.1) is 18.2 Å². The third-order valence-electron chi connectivity index (χ3n) is 4.01. The number of hydrogen-bond donors (Lipinski definition) is 1. The maximum Gasteiger partial charge on any atom is 0.169 e. The van der Waals surface area contributed by atoms with E-state index in [2.05, 4.69) is 24.0 Å². The van der Waals surface area contributed by atoms with Crippen LogP contribution in [0.15, 0.2) is 17.2 Å². The summed E-state index contributed by atoms with van der Waals surface area (Å²) in [4.78, 5) is 4.60. The Hall–Kier alpha value is -0.620. The summed E-state index contributed by atoms with van der Waals surface area (Å²) < 4.78 is 11.7. The number of aromatic nitrogens is 1. The van der Waals surface area contributed by atoms with Crippen LogP contribution in [0.2, 0.25) is 0 Å². The molecule has 1 aromatic heterocycles. The van der Waals surface area contributed by atoms with Crippen LogP contribution in [-0.4, -0.2) is 35.3 Å². The van der Waals surface area contributed by atoms with Crippen LogP contribution >= 0.6 is 11.8 Å². The minimum Gasteiger partial charge on any atom is -0.347 e. The second-order valence-electron chi connectivity index (χ2n) is 5.79. The number of ether oxygens (including phenoxy) is 2. The highest BCUT2D eigenvalue weighted by molar-refractivity contribution is 7.99. The van der Waals surface area contributed by atoms with Crippen molar-refractivity contribution in [1.82, 2.24) is 4.98 Å². The molecule has 1 aliphatic carbocycles. The van der Waals surface area contributed by atoms with E-state index in [1.54, 1.807) is 11.8 Å². The average Bonchev–Trinajstić information content (AvgIpc) is 2.81. The van der Waals surface area contributed by atoms with Gasteiger partial charge in [-0.2, -0.15) is 0 Å². The number of aryl methyl sites for hydroxylation is 2. The predicted molar refractivity (Wildman–Crippen MR) is 79.8 cm³/mol. The van der Waals surface area contributed by atoms with Gasteiger partial charge in [0.1, 0.15) is 0 Å². The minimum absolute atomic E-state index is 0.182. The van der Waals surface area contributed by atoms with Crippen LogP contribution in [0.1, 0.15) is 30.5 Å². The molecule has 2 aliphatic rings. The standard InChI is InChI=1S/C15H22N2O2S/c1-10-7-11(2)17-14(8-10)20-13-9-15(4-3-12(13)16)18-5-6-19-15/h7-8,12-13H,3-6,9,16H2,1-2H3. The lowest BCUT2D eigenvalue weighted by molar-refractivity contribution is -0.176. The highest BCUT2D eigenvalue weighted by Gasteiger charge is 2.44. The monoisotopic (exact) mass is 294 g/mol. The highest BCUT2D eigenvalue weighted by Crippen LogP contribution is 2.41. The number of rotatable bonds is 2. The van der Waals surface area contributed by atoms with Gasteiger partial charge in [-0.05, 0) is 38.0 Å². The van der Waals surface area contributed by atoms with Gasteiger partial charge in [0.15, 0.2) is 5.79 Å². The lowest BCUT2D eigenvalue weighted by Crippen LogP contribution is -2.47. The lowest BCUT2D eigenvalue weighted by Gasteiger charge is -2.39. The molecule has 110 valence electrons. The van der Waals surface area contributed by atoms with Crippen molar-refractivity contribution in [3.8, 4) is 0 Å². The van der Waals surface area contributed by atoms with Gasteiger partial charge in [0.2, 0.25) is 0 Å². The normalized spacial score (nSPS) is 28.9. The number of thioether (sulfide) groups is 1.